The second-order valence-electron chi connectivity index (χ2n) is 8.15. The second-order valence-corrected chi connectivity index (χ2v) is 8.15. The van der Waals surface area contributed by atoms with E-state index in [0.29, 0.717) is 0 Å². The van der Waals surface area contributed by atoms with E-state index in [1.165, 1.54) is 115 Å². The van der Waals surface area contributed by atoms with Gasteiger partial charge < -0.3 is 0 Å². The Morgan fingerprint density at radius 2 is 1.12 bits per heavy atom. The Labute approximate surface area is 164 Å². The van der Waals surface area contributed by atoms with Gasteiger partial charge in [0.2, 0.25) is 0 Å². The number of hydrogen-bond acceptors (Lipinski definition) is 0. The molecule has 0 aliphatic rings. The molecule has 0 radical (unpaired) electrons. The first-order valence-electron chi connectivity index (χ1n) is 11.8. The molecule has 0 amide bonds. The minimum Gasteiger partial charge on any atom is -0.205 e. The smallest absolute Gasteiger partial charge is 0.171 e. The van der Waals surface area contributed by atoms with Crippen LogP contribution in [0.5, 0.6) is 0 Å². The average Bonchev–Trinajstić information content (AvgIpc) is 2.65. The molecule has 1 rings (SSSR count). The SMILES string of the molecule is CCCCCCCCCCCCCCCCCc1ccc[n+](CCC)c1. The van der Waals surface area contributed by atoms with E-state index in [1.807, 2.05) is 0 Å². The molecular weight excluding hydrogens is 314 g/mol. The van der Waals surface area contributed by atoms with Crippen molar-refractivity contribution < 1.29 is 4.57 Å². The van der Waals surface area contributed by atoms with E-state index in [-0.39, 0.29) is 0 Å². The van der Waals surface area contributed by atoms with Crippen LogP contribution in [0.25, 0.3) is 0 Å². The summed E-state index contributed by atoms with van der Waals surface area (Å²) >= 11 is 0. The van der Waals surface area contributed by atoms with Crippen LogP contribution in [0.1, 0.15) is 122 Å². The van der Waals surface area contributed by atoms with Gasteiger partial charge in [-0.15, -0.1) is 0 Å². The number of hydrogen-bond donors (Lipinski definition) is 0. The Bertz CT molecular complexity index is 412. The molecule has 1 nitrogen and oxygen atoms in total. The quantitative estimate of drug-likeness (QED) is 0.186. The fourth-order valence-corrected chi connectivity index (χ4v) is 3.82. The topological polar surface area (TPSA) is 3.88 Å². The monoisotopic (exact) mass is 360 g/mol. The number of rotatable bonds is 18. The summed E-state index contributed by atoms with van der Waals surface area (Å²) in [4.78, 5) is 0. The molecular formula is C25H46N+. The van der Waals surface area contributed by atoms with Crippen molar-refractivity contribution in [3.63, 3.8) is 0 Å². The number of aryl methyl sites for hydroxylation is 2. The maximum Gasteiger partial charge on any atom is 0.171 e. The number of pyridine rings is 1. The molecule has 0 bridgehead atoms. The highest BCUT2D eigenvalue weighted by molar-refractivity contribution is 5.05. The van der Waals surface area contributed by atoms with E-state index >= 15 is 0 Å². The lowest BCUT2D eigenvalue weighted by molar-refractivity contribution is -0.697. The van der Waals surface area contributed by atoms with Gasteiger partial charge in [-0.25, -0.2) is 4.57 Å². The maximum absolute atomic E-state index is 2.34. The fourth-order valence-electron chi connectivity index (χ4n) is 3.82. The van der Waals surface area contributed by atoms with Crippen LogP contribution in [0, 0.1) is 0 Å². The fraction of sp³-hybridized carbons (Fsp3) is 0.800. The van der Waals surface area contributed by atoms with Crippen molar-refractivity contribution in [3.8, 4) is 0 Å². The van der Waals surface area contributed by atoms with Gasteiger partial charge in [-0.3, -0.25) is 0 Å². The molecule has 0 unspecified atom stereocenters. The van der Waals surface area contributed by atoms with Crippen molar-refractivity contribution in [3.05, 3.63) is 30.1 Å². The first kappa shape index (κ1) is 23.2. The van der Waals surface area contributed by atoms with Gasteiger partial charge in [0.1, 0.15) is 6.54 Å². The Morgan fingerprint density at radius 1 is 0.615 bits per heavy atom. The van der Waals surface area contributed by atoms with E-state index in [1.54, 1.807) is 0 Å². The molecule has 26 heavy (non-hydrogen) atoms. The second kappa shape index (κ2) is 17.6. The predicted molar refractivity (Wildman–Crippen MR) is 116 cm³/mol. The van der Waals surface area contributed by atoms with E-state index in [0.717, 1.165) is 6.54 Å². The molecule has 0 saturated heterocycles. The van der Waals surface area contributed by atoms with Crippen LogP contribution in [-0.4, -0.2) is 0 Å². The molecule has 0 aromatic carbocycles. The van der Waals surface area contributed by atoms with Gasteiger partial charge in [0.25, 0.3) is 0 Å². The molecule has 150 valence electrons. The predicted octanol–water partition coefficient (Wildman–Crippen LogP) is 7.80. The molecule has 1 heterocycles. The summed E-state index contributed by atoms with van der Waals surface area (Å²) in [5, 5.41) is 0. The van der Waals surface area contributed by atoms with Gasteiger partial charge in [0.05, 0.1) is 0 Å². The van der Waals surface area contributed by atoms with Crippen LogP contribution >= 0.6 is 0 Å². The van der Waals surface area contributed by atoms with Crippen LogP contribution in [0.4, 0.5) is 0 Å². The minimum absolute atomic E-state index is 1.15. The number of aromatic nitrogens is 1. The highest BCUT2D eigenvalue weighted by atomic mass is 14.9. The van der Waals surface area contributed by atoms with Gasteiger partial charge in [-0.1, -0.05) is 104 Å². The molecule has 0 aliphatic heterocycles. The highest BCUT2D eigenvalue weighted by Gasteiger charge is 2.01. The van der Waals surface area contributed by atoms with Crippen molar-refractivity contribution >= 4 is 0 Å². The molecule has 1 heteroatoms. The lowest BCUT2D eigenvalue weighted by Crippen LogP contribution is -2.32. The van der Waals surface area contributed by atoms with Crippen LogP contribution in [0.3, 0.4) is 0 Å². The van der Waals surface area contributed by atoms with E-state index in [9.17, 15) is 0 Å². The summed E-state index contributed by atoms with van der Waals surface area (Å²) < 4.78 is 2.33. The molecule has 0 fully saturated rings. The normalized spacial score (nSPS) is 11.2. The number of unbranched alkanes of at least 4 members (excludes halogenated alkanes) is 14. The van der Waals surface area contributed by atoms with Crippen molar-refractivity contribution in [2.75, 3.05) is 0 Å². The summed E-state index contributed by atoms with van der Waals surface area (Å²) in [6.45, 7) is 5.69. The van der Waals surface area contributed by atoms with Gasteiger partial charge in [0, 0.05) is 18.1 Å². The molecule has 1 aromatic rings. The molecule has 0 saturated carbocycles. The summed E-state index contributed by atoms with van der Waals surface area (Å²) in [6.07, 6.45) is 28.6. The number of nitrogens with zero attached hydrogens (tertiary/aromatic N) is 1. The standard InChI is InChI=1S/C25H46N/c1-3-5-6-7-8-9-10-11-12-13-14-15-16-17-18-20-25-21-19-23-26(24-25)22-4-2/h19,21,23-24H,3-18,20,22H2,1-2H3/q+1. The van der Waals surface area contributed by atoms with Crippen LogP contribution in [-0.2, 0) is 13.0 Å². The largest absolute Gasteiger partial charge is 0.205 e. The molecule has 0 atom stereocenters. The zero-order valence-electron chi connectivity index (χ0n) is 18.0. The molecule has 0 aliphatic carbocycles. The van der Waals surface area contributed by atoms with Crippen LogP contribution in [0.2, 0.25) is 0 Å². The van der Waals surface area contributed by atoms with Crippen LogP contribution in [0.15, 0.2) is 24.5 Å². The van der Waals surface area contributed by atoms with Crippen molar-refractivity contribution in [2.45, 2.75) is 130 Å². The Kier molecular flexibility index (Phi) is 15.7. The van der Waals surface area contributed by atoms with Crippen molar-refractivity contribution in [2.24, 2.45) is 0 Å². The zero-order chi connectivity index (χ0) is 18.7. The Hall–Kier alpha value is -0.850. The van der Waals surface area contributed by atoms with E-state index in [4.69, 9.17) is 0 Å². The lowest BCUT2D eigenvalue weighted by Gasteiger charge is -2.04. The van der Waals surface area contributed by atoms with Crippen molar-refractivity contribution in [1.82, 2.24) is 0 Å². The lowest BCUT2D eigenvalue weighted by atomic mass is 10.0. The first-order valence-corrected chi connectivity index (χ1v) is 11.8. The van der Waals surface area contributed by atoms with Crippen LogP contribution < -0.4 is 4.57 Å². The highest BCUT2D eigenvalue weighted by Crippen LogP contribution is 2.14. The summed E-state index contributed by atoms with van der Waals surface area (Å²) in [5.74, 6) is 0. The first-order chi connectivity index (χ1) is 12.9. The van der Waals surface area contributed by atoms with E-state index in [2.05, 4.69) is 42.9 Å². The summed E-state index contributed by atoms with van der Waals surface area (Å²) in [5.41, 5.74) is 1.51. The van der Waals surface area contributed by atoms with Gasteiger partial charge in [-0.05, 0) is 18.9 Å². The minimum atomic E-state index is 1.15. The maximum atomic E-state index is 2.34. The third-order valence-corrected chi connectivity index (χ3v) is 5.47. The zero-order valence-corrected chi connectivity index (χ0v) is 18.0. The van der Waals surface area contributed by atoms with Gasteiger partial charge in [-0.2, -0.15) is 0 Å². The third kappa shape index (κ3) is 13.4. The van der Waals surface area contributed by atoms with Gasteiger partial charge in [0.15, 0.2) is 12.4 Å². The molecule has 1 aromatic heterocycles. The van der Waals surface area contributed by atoms with E-state index < -0.39 is 0 Å². The van der Waals surface area contributed by atoms with Gasteiger partial charge >= 0.3 is 0 Å². The summed E-state index contributed by atoms with van der Waals surface area (Å²) in [6, 6.07) is 4.49. The van der Waals surface area contributed by atoms with Crippen molar-refractivity contribution in [1.29, 1.82) is 0 Å². The Balaban J connectivity index is 1.83. The third-order valence-electron chi connectivity index (χ3n) is 5.47. The molecule has 0 spiro atoms. The molecule has 0 N–H and O–H groups in total. The average molecular weight is 361 g/mol. The Morgan fingerprint density at radius 3 is 1.62 bits per heavy atom. The summed E-state index contributed by atoms with van der Waals surface area (Å²) in [7, 11) is 0.